The van der Waals surface area contributed by atoms with Crippen LogP contribution in [0.5, 0.6) is 0 Å². The fourth-order valence-corrected chi connectivity index (χ4v) is 2.60. The molecule has 1 heterocycles. The van der Waals surface area contributed by atoms with Crippen LogP contribution in [0.3, 0.4) is 0 Å². The second-order valence-corrected chi connectivity index (χ2v) is 5.39. The highest BCUT2D eigenvalue weighted by Crippen LogP contribution is 2.34. The molecule has 2 rings (SSSR count). The first kappa shape index (κ1) is 14.3. The third-order valence-corrected chi connectivity index (χ3v) is 3.96. The summed E-state index contributed by atoms with van der Waals surface area (Å²) >= 11 is 0. The predicted octanol–water partition coefficient (Wildman–Crippen LogP) is 2.78. The highest BCUT2D eigenvalue weighted by Gasteiger charge is 2.36. The monoisotopic (exact) mass is 264 g/mol. The third-order valence-electron chi connectivity index (χ3n) is 3.96. The Morgan fingerprint density at radius 1 is 1.47 bits per heavy atom. The van der Waals surface area contributed by atoms with Crippen molar-refractivity contribution in [3.8, 4) is 0 Å². The van der Waals surface area contributed by atoms with Gasteiger partial charge in [0.15, 0.2) is 5.78 Å². The molecule has 1 fully saturated rings. The molecule has 0 radical (unpaired) electrons. The van der Waals surface area contributed by atoms with E-state index in [1.807, 2.05) is 16.9 Å². The topological polar surface area (TPSA) is 44.1 Å². The number of rotatable bonds is 8. The van der Waals surface area contributed by atoms with E-state index in [4.69, 9.17) is 4.74 Å². The molecule has 1 aromatic heterocycles. The maximum Gasteiger partial charge on any atom is 0.167 e. The number of methoxy groups -OCH3 is 1. The minimum atomic E-state index is -0.224. The molecule has 0 amide bonds. The molecule has 1 saturated carbocycles. The summed E-state index contributed by atoms with van der Waals surface area (Å²) < 4.78 is 7.31. The Labute approximate surface area is 115 Å². The van der Waals surface area contributed by atoms with Gasteiger partial charge >= 0.3 is 0 Å². The van der Waals surface area contributed by atoms with Gasteiger partial charge in [-0.15, -0.1) is 0 Å². The molecule has 4 heteroatoms. The van der Waals surface area contributed by atoms with Crippen molar-refractivity contribution < 1.29 is 9.53 Å². The zero-order chi connectivity index (χ0) is 13.8. The molecule has 1 aliphatic carbocycles. The van der Waals surface area contributed by atoms with E-state index in [2.05, 4.69) is 18.9 Å². The van der Waals surface area contributed by atoms with Crippen molar-refractivity contribution in [2.24, 2.45) is 5.92 Å². The minimum Gasteiger partial charge on any atom is -0.373 e. The van der Waals surface area contributed by atoms with Crippen LogP contribution < -0.4 is 0 Å². The summed E-state index contributed by atoms with van der Waals surface area (Å²) in [5, 5.41) is 4.53. The number of carbonyl (C=O) groups is 1. The number of aromatic nitrogens is 2. The lowest BCUT2D eigenvalue weighted by molar-refractivity contribution is -0.129. The Morgan fingerprint density at radius 2 is 2.16 bits per heavy atom. The van der Waals surface area contributed by atoms with Crippen LogP contribution in [0.2, 0.25) is 0 Å². The quantitative estimate of drug-likeness (QED) is 0.725. The molecule has 1 aromatic rings. The highest BCUT2D eigenvalue weighted by atomic mass is 16.5. The van der Waals surface area contributed by atoms with Crippen molar-refractivity contribution in [1.82, 2.24) is 9.78 Å². The van der Waals surface area contributed by atoms with Gasteiger partial charge in [0, 0.05) is 13.3 Å². The normalized spacial score (nSPS) is 16.8. The van der Waals surface area contributed by atoms with E-state index < -0.39 is 0 Å². The molecular formula is C15H24N2O2. The van der Waals surface area contributed by atoms with Crippen LogP contribution >= 0.6 is 0 Å². The minimum absolute atomic E-state index is 0.166. The first-order chi connectivity index (χ1) is 9.19. The van der Waals surface area contributed by atoms with Crippen molar-refractivity contribution in [1.29, 1.82) is 0 Å². The van der Waals surface area contributed by atoms with Gasteiger partial charge in [0.2, 0.25) is 0 Å². The van der Waals surface area contributed by atoms with Crippen LogP contribution in [0.1, 0.15) is 51.3 Å². The van der Waals surface area contributed by atoms with Gasteiger partial charge in [-0.25, -0.2) is 0 Å². The average molecular weight is 264 g/mol. The fraction of sp³-hybridized carbons (Fsp3) is 0.733. The summed E-state index contributed by atoms with van der Waals surface area (Å²) in [5.41, 5.74) is 0.861. The van der Waals surface area contributed by atoms with E-state index >= 15 is 0 Å². The molecule has 1 unspecified atom stereocenters. The molecule has 0 saturated heterocycles. The summed E-state index contributed by atoms with van der Waals surface area (Å²) in [4.78, 5) is 12.2. The standard InChI is InChI=1S/C15H24N2O2/c1-4-13(5-2)17-9-8-12(16-17)10-14(18)15(19-3)11-6-7-11/h8-9,11,13,15H,4-7,10H2,1-3H3. The van der Waals surface area contributed by atoms with Crippen LogP contribution in [0.15, 0.2) is 12.3 Å². The van der Waals surface area contributed by atoms with Crippen LogP contribution in [-0.2, 0) is 16.0 Å². The van der Waals surface area contributed by atoms with Crippen molar-refractivity contribution in [2.45, 2.75) is 58.1 Å². The predicted molar refractivity (Wildman–Crippen MR) is 74.1 cm³/mol. The van der Waals surface area contributed by atoms with Crippen molar-refractivity contribution in [2.75, 3.05) is 7.11 Å². The first-order valence-electron chi connectivity index (χ1n) is 7.29. The maximum atomic E-state index is 12.2. The molecule has 0 spiro atoms. The third kappa shape index (κ3) is 3.44. The lowest BCUT2D eigenvalue weighted by Crippen LogP contribution is -2.27. The van der Waals surface area contributed by atoms with Gasteiger partial charge in [-0.05, 0) is 37.7 Å². The highest BCUT2D eigenvalue weighted by molar-refractivity contribution is 5.85. The summed E-state index contributed by atoms with van der Waals surface area (Å²) in [5.74, 6) is 0.610. The molecule has 0 aromatic carbocycles. The molecular weight excluding hydrogens is 240 g/mol. The Kier molecular flexibility index (Phi) is 4.75. The number of hydrogen-bond acceptors (Lipinski definition) is 3. The van der Waals surface area contributed by atoms with Gasteiger partial charge < -0.3 is 4.74 Å². The van der Waals surface area contributed by atoms with Crippen LogP contribution in [0.4, 0.5) is 0 Å². The number of nitrogens with zero attached hydrogens (tertiary/aromatic N) is 2. The lowest BCUT2D eigenvalue weighted by atomic mass is 10.1. The average Bonchev–Trinajstić information content (AvgIpc) is 3.13. The van der Waals surface area contributed by atoms with E-state index in [9.17, 15) is 4.79 Å². The van der Waals surface area contributed by atoms with E-state index in [0.29, 0.717) is 18.4 Å². The summed E-state index contributed by atoms with van der Waals surface area (Å²) in [6.45, 7) is 4.32. The van der Waals surface area contributed by atoms with Gasteiger partial charge in [0.05, 0.1) is 18.2 Å². The Hall–Kier alpha value is -1.16. The van der Waals surface area contributed by atoms with Gasteiger partial charge in [-0.1, -0.05) is 13.8 Å². The van der Waals surface area contributed by atoms with Gasteiger partial charge in [-0.2, -0.15) is 5.10 Å². The zero-order valence-corrected chi connectivity index (χ0v) is 12.1. The van der Waals surface area contributed by atoms with Crippen LogP contribution in [-0.4, -0.2) is 28.8 Å². The van der Waals surface area contributed by atoms with Crippen LogP contribution in [0.25, 0.3) is 0 Å². The van der Waals surface area contributed by atoms with E-state index in [0.717, 1.165) is 31.4 Å². The number of ketones is 1. The van der Waals surface area contributed by atoms with E-state index in [1.54, 1.807) is 7.11 Å². The van der Waals surface area contributed by atoms with Crippen molar-refractivity contribution >= 4 is 5.78 Å². The smallest absolute Gasteiger partial charge is 0.167 e. The maximum absolute atomic E-state index is 12.2. The van der Waals surface area contributed by atoms with E-state index in [1.165, 1.54) is 0 Å². The SMILES string of the molecule is CCC(CC)n1ccc(CC(=O)C(OC)C2CC2)n1. The largest absolute Gasteiger partial charge is 0.373 e. The van der Waals surface area contributed by atoms with Crippen molar-refractivity contribution in [3.63, 3.8) is 0 Å². The molecule has 19 heavy (non-hydrogen) atoms. The number of hydrogen-bond donors (Lipinski definition) is 0. The Bertz CT molecular complexity index is 420. The van der Waals surface area contributed by atoms with Gasteiger partial charge in [-0.3, -0.25) is 9.48 Å². The molecule has 1 aliphatic rings. The molecule has 4 nitrogen and oxygen atoms in total. The lowest BCUT2D eigenvalue weighted by Gasteiger charge is -2.13. The molecule has 106 valence electrons. The van der Waals surface area contributed by atoms with E-state index in [-0.39, 0.29) is 11.9 Å². The fourth-order valence-electron chi connectivity index (χ4n) is 2.60. The molecule has 0 N–H and O–H groups in total. The molecule has 0 bridgehead atoms. The second-order valence-electron chi connectivity index (χ2n) is 5.39. The zero-order valence-electron chi connectivity index (χ0n) is 12.1. The van der Waals surface area contributed by atoms with Crippen molar-refractivity contribution in [3.05, 3.63) is 18.0 Å². The van der Waals surface area contributed by atoms with Gasteiger partial charge in [0.25, 0.3) is 0 Å². The summed E-state index contributed by atoms with van der Waals surface area (Å²) in [7, 11) is 1.63. The Balaban J connectivity index is 1.97. The van der Waals surface area contributed by atoms with Gasteiger partial charge in [0.1, 0.15) is 6.10 Å². The summed E-state index contributed by atoms with van der Waals surface area (Å²) in [6, 6.07) is 2.39. The molecule has 1 atom stereocenters. The first-order valence-corrected chi connectivity index (χ1v) is 7.29. The molecule has 0 aliphatic heterocycles. The van der Waals surface area contributed by atoms with Crippen LogP contribution in [0, 0.1) is 5.92 Å². The summed E-state index contributed by atoms with van der Waals surface area (Å²) in [6.07, 6.45) is 6.52. The Morgan fingerprint density at radius 3 is 2.68 bits per heavy atom. The number of ether oxygens (including phenoxy) is 1. The second kappa shape index (κ2) is 6.33. The number of carbonyl (C=O) groups excluding carboxylic acids is 1. The number of Topliss-reactive ketones (excluding diaryl/α,β-unsaturated/α-hetero) is 1.